The summed E-state index contributed by atoms with van der Waals surface area (Å²) in [5.41, 5.74) is 6.55. The molecule has 3 aliphatic rings. The summed E-state index contributed by atoms with van der Waals surface area (Å²) in [5, 5.41) is 6.27. The second-order valence-electron chi connectivity index (χ2n) is 7.31. The van der Waals surface area contributed by atoms with Crippen molar-refractivity contribution in [3.8, 4) is 0 Å². The molecule has 2 saturated heterocycles. The van der Waals surface area contributed by atoms with Gasteiger partial charge in [-0.15, -0.1) is 11.8 Å². The van der Waals surface area contributed by atoms with Gasteiger partial charge in [0, 0.05) is 18.6 Å². The summed E-state index contributed by atoms with van der Waals surface area (Å²) < 4.78 is 11.0. The molecule has 1 aromatic heterocycles. The van der Waals surface area contributed by atoms with Crippen LogP contribution in [0.2, 0.25) is 0 Å². The number of ether oxygens (including phenoxy) is 2. The fourth-order valence-electron chi connectivity index (χ4n) is 3.83. The van der Waals surface area contributed by atoms with E-state index in [9.17, 15) is 14.4 Å². The molecule has 11 nitrogen and oxygen atoms in total. The van der Waals surface area contributed by atoms with Gasteiger partial charge in [-0.05, 0) is 18.4 Å². The number of amides is 2. The van der Waals surface area contributed by atoms with Crippen LogP contribution >= 0.6 is 23.1 Å². The van der Waals surface area contributed by atoms with E-state index in [1.54, 1.807) is 0 Å². The molecule has 33 heavy (non-hydrogen) atoms. The van der Waals surface area contributed by atoms with Crippen molar-refractivity contribution < 1.29 is 28.7 Å². The lowest BCUT2D eigenvalue weighted by molar-refractivity contribution is -0.152. The van der Waals surface area contributed by atoms with Gasteiger partial charge < -0.3 is 25.4 Å². The van der Waals surface area contributed by atoms with Gasteiger partial charge in [0.15, 0.2) is 10.8 Å². The third kappa shape index (κ3) is 4.48. The Balaban J connectivity index is 1.55. The Hall–Kier alpha value is -2.90. The topological polar surface area (TPSA) is 145 Å². The summed E-state index contributed by atoms with van der Waals surface area (Å²) in [7, 11) is 1.31. The van der Waals surface area contributed by atoms with E-state index in [-0.39, 0.29) is 29.3 Å². The number of nitrogens with one attached hydrogen (secondary N) is 1. The molecule has 3 aliphatic heterocycles. The van der Waals surface area contributed by atoms with Crippen LogP contribution in [0.15, 0.2) is 35.3 Å². The summed E-state index contributed by atoms with van der Waals surface area (Å²) in [4.78, 5) is 49.3. The fraction of sp³-hybridized carbons (Fsp3) is 0.450. The summed E-state index contributed by atoms with van der Waals surface area (Å²) in [6.07, 6.45) is 4.29. The van der Waals surface area contributed by atoms with Gasteiger partial charge in [-0.25, -0.2) is 9.78 Å². The number of aromatic nitrogens is 1. The predicted molar refractivity (Wildman–Crippen MR) is 122 cm³/mol. The third-order valence-electron chi connectivity index (χ3n) is 5.28. The summed E-state index contributed by atoms with van der Waals surface area (Å²) in [5.74, 6) is -1.15. The zero-order valence-electron chi connectivity index (χ0n) is 17.8. The van der Waals surface area contributed by atoms with Gasteiger partial charge in [-0.3, -0.25) is 14.5 Å². The first-order chi connectivity index (χ1) is 16.0. The lowest BCUT2D eigenvalue weighted by Gasteiger charge is -2.50. The first-order valence-corrected chi connectivity index (χ1v) is 12.0. The van der Waals surface area contributed by atoms with E-state index in [4.69, 9.17) is 20.0 Å². The number of hydrogen-bond acceptors (Lipinski definition) is 11. The standard InChI is InChI=1S/C20H23N5O6S2/c1-3-6-31-19(28)15-10(11-5-4-7-30-11)9-32-18-14(17(27)25(15)18)23-16(26)13(24-29-2)12-8-22-20(21)33-12/h3,8,11,14,18H,1,4-7,9H2,2H3,(H2,21,22)(H,23,26)/t11-,14+,18+/m0/s1. The van der Waals surface area contributed by atoms with Gasteiger partial charge >= 0.3 is 5.97 Å². The normalized spacial score (nSPS) is 24.8. The number of thioether (sulfide) groups is 1. The predicted octanol–water partition coefficient (Wildman–Crippen LogP) is 0.638. The van der Waals surface area contributed by atoms with Crippen LogP contribution in [0, 0.1) is 0 Å². The Bertz CT molecular complexity index is 1030. The highest BCUT2D eigenvalue weighted by Gasteiger charge is 2.55. The van der Waals surface area contributed by atoms with Crippen molar-refractivity contribution in [2.75, 3.05) is 31.8 Å². The summed E-state index contributed by atoms with van der Waals surface area (Å²) >= 11 is 2.53. The molecule has 0 unspecified atom stereocenters. The maximum atomic E-state index is 13.1. The van der Waals surface area contributed by atoms with E-state index in [2.05, 4.69) is 22.0 Å². The van der Waals surface area contributed by atoms with Crippen LogP contribution in [0.4, 0.5) is 5.13 Å². The molecule has 1 aromatic rings. The second-order valence-corrected chi connectivity index (χ2v) is 9.48. The van der Waals surface area contributed by atoms with Gasteiger partial charge in [0.05, 0.1) is 11.0 Å². The van der Waals surface area contributed by atoms with Gasteiger partial charge in [-0.1, -0.05) is 29.1 Å². The van der Waals surface area contributed by atoms with Gasteiger partial charge in [-0.2, -0.15) is 0 Å². The molecular weight excluding hydrogens is 470 g/mol. The van der Waals surface area contributed by atoms with E-state index >= 15 is 0 Å². The smallest absolute Gasteiger partial charge is 0.355 e. The van der Waals surface area contributed by atoms with Gasteiger partial charge in [0.1, 0.15) is 30.8 Å². The van der Waals surface area contributed by atoms with E-state index in [0.29, 0.717) is 17.2 Å². The molecule has 13 heteroatoms. The first-order valence-electron chi connectivity index (χ1n) is 10.2. The minimum Gasteiger partial charge on any atom is -0.457 e. The largest absolute Gasteiger partial charge is 0.457 e. The molecule has 4 heterocycles. The Morgan fingerprint density at radius 3 is 2.97 bits per heavy atom. The maximum Gasteiger partial charge on any atom is 0.355 e. The van der Waals surface area contributed by atoms with Crippen LogP contribution in [0.5, 0.6) is 0 Å². The molecule has 176 valence electrons. The number of fused-ring (bicyclic) bond motifs is 1. The summed E-state index contributed by atoms with van der Waals surface area (Å²) in [6, 6.07) is -0.844. The molecule has 0 aromatic carbocycles. The molecule has 4 rings (SSSR count). The number of carbonyl (C=O) groups is 3. The van der Waals surface area contributed by atoms with Crippen molar-refractivity contribution in [3.05, 3.63) is 35.0 Å². The lowest BCUT2D eigenvalue weighted by Crippen LogP contribution is -2.71. The molecule has 0 saturated carbocycles. The minimum absolute atomic E-state index is 0.0238. The average molecular weight is 494 g/mol. The Morgan fingerprint density at radius 1 is 1.52 bits per heavy atom. The number of carbonyl (C=O) groups excluding carboxylic acids is 3. The Morgan fingerprint density at radius 2 is 2.33 bits per heavy atom. The van der Waals surface area contributed by atoms with Crippen LogP contribution in [0.25, 0.3) is 0 Å². The molecule has 0 spiro atoms. The Labute approximate surface area is 198 Å². The monoisotopic (exact) mass is 493 g/mol. The van der Waals surface area contributed by atoms with Crippen LogP contribution < -0.4 is 11.1 Å². The number of hydrogen-bond donors (Lipinski definition) is 2. The number of thiazole rings is 1. The molecule has 0 radical (unpaired) electrons. The maximum absolute atomic E-state index is 13.1. The molecule has 3 N–H and O–H groups in total. The Kier molecular flexibility index (Phi) is 7.00. The van der Waals surface area contributed by atoms with Crippen LogP contribution in [-0.4, -0.2) is 77.0 Å². The van der Waals surface area contributed by atoms with Crippen molar-refractivity contribution in [1.29, 1.82) is 0 Å². The number of nitrogens with zero attached hydrogens (tertiary/aromatic N) is 3. The fourth-order valence-corrected chi connectivity index (χ4v) is 5.90. The lowest BCUT2D eigenvalue weighted by atomic mass is 9.99. The van der Waals surface area contributed by atoms with Gasteiger partial charge in [0.2, 0.25) is 0 Å². The zero-order chi connectivity index (χ0) is 23.5. The van der Waals surface area contributed by atoms with E-state index < -0.39 is 29.2 Å². The van der Waals surface area contributed by atoms with E-state index in [1.807, 2.05) is 0 Å². The van der Waals surface area contributed by atoms with E-state index in [0.717, 1.165) is 29.8 Å². The van der Waals surface area contributed by atoms with Crippen LogP contribution in [0.1, 0.15) is 17.7 Å². The number of esters is 1. The molecule has 2 fully saturated rings. The van der Waals surface area contributed by atoms with E-state index in [1.165, 1.54) is 36.0 Å². The molecular formula is C20H23N5O6S2. The zero-order valence-corrected chi connectivity index (χ0v) is 19.4. The number of oxime groups is 1. The molecule has 0 aliphatic carbocycles. The first kappa shape index (κ1) is 23.3. The van der Waals surface area contributed by atoms with Gasteiger partial charge in [0.25, 0.3) is 11.8 Å². The minimum atomic E-state index is -0.844. The molecule has 0 bridgehead atoms. The quantitative estimate of drug-likeness (QED) is 0.175. The van der Waals surface area contributed by atoms with Crippen molar-refractivity contribution in [2.24, 2.45) is 5.16 Å². The highest BCUT2D eigenvalue weighted by atomic mass is 32.2. The highest BCUT2D eigenvalue weighted by Crippen LogP contribution is 2.43. The number of β-lactam (4-membered cyclic amide) rings is 1. The SMILES string of the molecule is C=CCOC(=O)C1=C([C@@H]2CCCO2)CS[C@@H]2[C@H](NC(=O)C(=NOC)c3cnc(N)s3)C(=O)N12. The average Bonchev–Trinajstić information content (AvgIpc) is 3.50. The van der Waals surface area contributed by atoms with Crippen molar-refractivity contribution in [2.45, 2.75) is 30.4 Å². The third-order valence-corrected chi connectivity index (χ3v) is 7.42. The molecule has 3 atom stereocenters. The van der Waals surface area contributed by atoms with Crippen molar-refractivity contribution >= 4 is 51.7 Å². The molecule has 2 amide bonds. The number of nitrogen functional groups attached to an aromatic ring is 1. The number of anilines is 1. The number of rotatable bonds is 8. The summed E-state index contributed by atoms with van der Waals surface area (Å²) in [6.45, 7) is 4.19. The van der Waals surface area contributed by atoms with Crippen LogP contribution in [-0.2, 0) is 28.7 Å². The van der Waals surface area contributed by atoms with Crippen molar-refractivity contribution in [3.63, 3.8) is 0 Å². The number of nitrogens with two attached hydrogens (primary N) is 1. The highest BCUT2D eigenvalue weighted by molar-refractivity contribution is 8.00. The van der Waals surface area contributed by atoms with Crippen molar-refractivity contribution in [1.82, 2.24) is 15.2 Å². The second kappa shape index (κ2) is 9.93. The van der Waals surface area contributed by atoms with Crippen LogP contribution in [0.3, 0.4) is 0 Å².